The summed E-state index contributed by atoms with van der Waals surface area (Å²) in [6.45, 7) is 6.32. The van der Waals surface area contributed by atoms with Crippen LogP contribution in [0.1, 0.15) is 29.8 Å². The molecule has 1 N–H and O–H groups in total. The monoisotopic (exact) mass is 451 g/mol. The highest BCUT2D eigenvalue weighted by Crippen LogP contribution is 2.18. The highest BCUT2D eigenvalue weighted by atomic mass is 127. The lowest BCUT2D eigenvalue weighted by Crippen LogP contribution is -2.45. The van der Waals surface area contributed by atoms with Crippen molar-refractivity contribution < 1.29 is 9.53 Å². The molecule has 2 aromatic rings. The number of anilines is 1. The zero-order valence-corrected chi connectivity index (χ0v) is 16.6. The van der Waals surface area contributed by atoms with Crippen molar-refractivity contribution >= 4 is 34.3 Å². The Labute approximate surface area is 161 Å². The van der Waals surface area contributed by atoms with Gasteiger partial charge in [-0.25, -0.2) is 4.98 Å². The summed E-state index contributed by atoms with van der Waals surface area (Å²) in [7, 11) is 0. The van der Waals surface area contributed by atoms with E-state index in [-0.39, 0.29) is 18.1 Å². The van der Waals surface area contributed by atoms with E-state index in [1.165, 1.54) is 0 Å². The number of rotatable bonds is 4. The molecule has 1 amide bonds. The van der Waals surface area contributed by atoms with Crippen molar-refractivity contribution in [3.63, 3.8) is 0 Å². The maximum Gasteiger partial charge on any atom is 0.251 e. The average molecular weight is 451 g/mol. The Balaban J connectivity index is 1.57. The minimum Gasteiger partial charge on any atom is -0.372 e. The summed E-state index contributed by atoms with van der Waals surface area (Å²) >= 11 is 2.22. The number of carbonyl (C=O) groups excluding carboxylic acids is 1. The first kappa shape index (κ1) is 18.1. The molecule has 1 aromatic carbocycles. The second kappa shape index (κ2) is 8.14. The Hall–Kier alpha value is -1.67. The highest BCUT2D eigenvalue weighted by Gasteiger charge is 2.22. The third-order valence-corrected chi connectivity index (χ3v) is 4.83. The largest absolute Gasteiger partial charge is 0.372 e. The lowest BCUT2D eigenvalue weighted by Gasteiger charge is -2.36. The summed E-state index contributed by atoms with van der Waals surface area (Å²) < 4.78 is 6.87. The second-order valence-corrected chi connectivity index (χ2v) is 7.62. The zero-order valence-electron chi connectivity index (χ0n) is 14.4. The summed E-state index contributed by atoms with van der Waals surface area (Å²) in [4.78, 5) is 19.0. The normalized spacial score (nSPS) is 20.4. The van der Waals surface area contributed by atoms with Crippen molar-refractivity contribution in [3.8, 4) is 0 Å². The molecular weight excluding hydrogens is 429 g/mol. The predicted molar refractivity (Wildman–Crippen MR) is 107 cm³/mol. The van der Waals surface area contributed by atoms with E-state index in [1.54, 1.807) is 0 Å². The summed E-state index contributed by atoms with van der Waals surface area (Å²) in [5.41, 5.74) is 1.65. The summed E-state index contributed by atoms with van der Waals surface area (Å²) in [5, 5.41) is 2.93. The molecule has 2 atom stereocenters. The number of benzene rings is 1. The smallest absolute Gasteiger partial charge is 0.251 e. The molecule has 0 bridgehead atoms. The number of aromatic nitrogens is 1. The Bertz CT molecular complexity index is 708. The molecule has 0 saturated carbocycles. The van der Waals surface area contributed by atoms with E-state index in [0.717, 1.165) is 28.0 Å². The molecule has 0 spiro atoms. The molecule has 25 heavy (non-hydrogen) atoms. The van der Waals surface area contributed by atoms with Gasteiger partial charge < -0.3 is 15.0 Å². The zero-order chi connectivity index (χ0) is 17.8. The van der Waals surface area contributed by atoms with Gasteiger partial charge in [-0.3, -0.25) is 4.79 Å². The number of carbonyl (C=O) groups is 1. The van der Waals surface area contributed by atoms with Gasteiger partial charge in [-0.15, -0.1) is 0 Å². The van der Waals surface area contributed by atoms with E-state index in [2.05, 4.69) is 51.6 Å². The van der Waals surface area contributed by atoms with Gasteiger partial charge in [0.25, 0.3) is 5.91 Å². The molecule has 132 valence electrons. The van der Waals surface area contributed by atoms with Gasteiger partial charge in [0.15, 0.2) is 0 Å². The standard InChI is InChI=1S/C19H22IN3O2/c1-13-11-23(12-14(2)25-13)18-8-3-15(9-21-18)10-22-19(24)16-4-6-17(20)7-5-16/h3-9,13-14H,10-12H2,1-2H3,(H,22,24). The number of nitrogens with one attached hydrogen (secondary N) is 1. The first-order valence-electron chi connectivity index (χ1n) is 8.40. The van der Waals surface area contributed by atoms with E-state index in [1.807, 2.05) is 42.6 Å². The van der Waals surface area contributed by atoms with Gasteiger partial charge in [0.1, 0.15) is 5.82 Å². The summed E-state index contributed by atoms with van der Waals surface area (Å²) in [6, 6.07) is 11.5. The maximum atomic E-state index is 12.2. The van der Waals surface area contributed by atoms with Crippen molar-refractivity contribution in [2.45, 2.75) is 32.6 Å². The molecule has 6 heteroatoms. The van der Waals surface area contributed by atoms with Crippen LogP contribution in [0.3, 0.4) is 0 Å². The molecule has 1 fully saturated rings. The highest BCUT2D eigenvalue weighted by molar-refractivity contribution is 14.1. The average Bonchev–Trinajstić information content (AvgIpc) is 2.60. The topological polar surface area (TPSA) is 54.5 Å². The lowest BCUT2D eigenvalue weighted by molar-refractivity contribution is -0.00546. The second-order valence-electron chi connectivity index (χ2n) is 6.38. The van der Waals surface area contributed by atoms with E-state index >= 15 is 0 Å². The number of hydrogen-bond acceptors (Lipinski definition) is 4. The fourth-order valence-electron chi connectivity index (χ4n) is 2.96. The predicted octanol–water partition coefficient (Wildman–Crippen LogP) is 3.23. The Kier molecular flexibility index (Phi) is 5.90. The summed E-state index contributed by atoms with van der Waals surface area (Å²) in [5.74, 6) is 0.881. The number of hydrogen-bond donors (Lipinski definition) is 1. The quantitative estimate of drug-likeness (QED) is 0.726. The van der Waals surface area contributed by atoms with Crippen molar-refractivity contribution in [1.29, 1.82) is 0 Å². The van der Waals surface area contributed by atoms with Crippen molar-refractivity contribution in [1.82, 2.24) is 10.3 Å². The van der Waals surface area contributed by atoms with Crippen molar-refractivity contribution in [2.24, 2.45) is 0 Å². The number of ether oxygens (including phenoxy) is 1. The fourth-order valence-corrected chi connectivity index (χ4v) is 3.32. The van der Waals surface area contributed by atoms with Gasteiger partial charge in [-0.1, -0.05) is 6.07 Å². The third-order valence-electron chi connectivity index (χ3n) is 4.11. The number of amides is 1. The van der Waals surface area contributed by atoms with Crippen molar-refractivity contribution in [2.75, 3.05) is 18.0 Å². The first-order chi connectivity index (χ1) is 12.0. The minimum absolute atomic E-state index is 0.0729. The molecule has 1 saturated heterocycles. The van der Waals surface area contributed by atoms with Crippen LogP contribution in [-0.4, -0.2) is 36.2 Å². The van der Waals surface area contributed by atoms with Crippen LogP contribution in [-0.2, 0) is 11.3 Å². The molecule has 1 aliphatic heterocycles. The maximum absolute atomic E-state index is 12.2. The van der Waals surface area contributed by atoms with Gasteiger partial charge in [-0.05, 0) is 72.3 Å². The molecule has 3 rings (SSSR count). The molecule has 1 aromatic heterocycles. The molecule has 0 aliphatic carbocycles. The van der Waals surface area contributed by atoms with Crippen LogP contribution in [0.5, 0.6) is 0 Å². The van der Waals surface area contributed by atoms with E-state index < -0.39 is 0 Å². The van der Waals surface area contributed by atoms with Gasteiger partial charge in [0, 0.05) is 35.0 Å². The number of morpholine rings is 1. The molecule has 1 aliphatic rings. The van der Waals surface area contributed by atoms with Crippen molar-refractivity contribution in [3.05, 3.63) is 57.3 Å². The van der Waals surface area contributed by atoms with Crippen LogP contribution in [0.4, 0.5) is 5.82 Å². The van der Waals surface area contributed by atoms with Crippen LogP contribution in [0.25, 0.3) is 0 Å². The number of halogens is 1. The van der Waals surface area contributed by atoms with Crippen LogP contribution in [0, 0.1) is 3.57 Å². The molecule has 5 nitrogen and oxygen atoms in total. The van der Waals surface area contributed by atoms with Gasteiger partial charge in [0.2, 0.25) is 0 Å². The fraction of sp³-hybridized carbons (Fsp3) is 0.368. The number of nitrogens with zero attached hydrogens (tertiary/aromatic N) is 2. The van der Waals surface area contributed by atoms with Gasteiger partial charge in [0.05, 0.1) is 12.2 Å². The van der Waals surface area contributed by atoms with Crippen LogP contribution < -0.4 is 10.2 Å². The molecular formula is C19H22IN3O2. The Morgan fingerprint density at radius 2 is 1.88 bits per heavy atom. The Morgan fingerprint density at radius 1 is 1.20 bits per heavy atom. The molecule has 2 heterocycles. The molecule has 2 unspecified atom stereocenters. The van der Waals surface area contributed by atoms with E-state index in [9.17, 15) is 4.79 Å². The third kappa shape index (κ3) is 4.92. The minimum atomic E-state index is -0.0729. The van der Waals surface area contributed by atoms with Gasteiger partial charge >= 0.3 is 0 Å². The molecule has 0 radical (unpaired) electrons. The Morgan fingerprint density at radius 3 is 2.48 bits per heavy atom. The first-order valence-corrected chi connectivity index (χ1v) is 9.48. The van der Waals surface area contributed by atoms with Crippen LogP contribution in [0.15, 0.2) is 42.6 Å². The van der Waals surface area contributed by atoms with E-state index in [0.29, 0.717) is 12.1 Å². The van der Waals surface area contributed by atoms with Crippen LogP contribution >= 0.6 is 22.6 Å². The van der Waals surface area contributed by atoms with E-state index in [4.69, 9.17) is 4.74 Å². The SMILES string of the molecule is CC1CN(c2ccc(CNC(=O)c3ccc(I)cc3)cn2)CC(C)O1. The summed E-state index contributed by atoms with van der Waals surface area (Å²) in [6.07, 6.45) is 2.24. The van der Waals surface area contributed by atoms with Gasteiger partial charge in [-0.2, -0.15) is 0 Å². The number of pyridine rings is 1. The lowest BCUT2D eigenvalue weighted by atomic mass is 10.2. The van der Waals surface area contributed by atoms with Crippen LogP contribution in [0.2, 0.25) is 0 Å².